The highest BCUT2D eigenvalue weighted by Gasteiger charge is 2.10. The van der Waals surface area contributed by atoms with Gasteiger partial charge in [-0.2, -0.15) is 0 Å². The van der Waals surface area contributed by atoms with Crippen molar-refractivity contribution in [3.05, 3.63) is 64.1 Å². The summed E-state index contributed by atoms with van der Waals surface area (Å²) in [5.41, 5.74) is 1.20. The molecule has 1 heterocycles. The Kier molecular flexibility index (Phi) is 4.55. The first-order valence-electron chi connectivity index (χ1n) is 6.26. The van der Waals surface area contributed by atoms with Gasteiger partial charge in [0.2, 0.25) is 0 Å². The number of aliphatic carboxylic acids is 1. The van der Waals surface area contributed by atoms with Gasteiger partial charge in [0.05, 0.1) is 0 Å². The molecule has 0 amide bonds. The van der Waals surface area contributed by atoms with Gasteiger partial charge in [-0.1, -0.05) is 30.3 Å². The van der Waals surface area contributed by atoms with Gasteiger partial charge in [0.15, 0.2) is 5.75 Å². The van der Waals surface area contributed by atoms with Crippen molar-refractivity contribution in [3.8, 4) is 5.75 Å². The summed E-state index contributed by atoms with van der Waals surface area (Å²) in [4.78, 5) is 24.9. The van der Waals surface area contributed by atoms with Crippen LogP contribution in [0.3, 0.4) is 0 Å². The van der Waals surface area contributed by atoms with Crippen molar-refractivity contribution >= 4 is 5.97 Å². The third-order valence-corrected chi connectivity index (χ3v) is 2.83. The fraction of sp³-hybridized carbons (Fsp3) is 0.200. The molecule has 0 saturated carbocycles. The summed E-state index contributed by atoms with van der Waals surface area (Å²) in [5, 5.41) is 8.72. The van der Waals surface area contributed by atoms with E-state index in [1.54, 1.807) is 6.07 Å². The number of H-pyrrole nitrogens is 1. The molecule has 20 heavy (non-hydrogen) atoms. The van der Waals surface area contributed by atoms with E-state index in [1.165, 1.54) is 6.20 Å². The first-order valence-corrected chi connectivity index (χ1v) is 6.26. The number of aromatic amines is 1. The Morgan fingerprint density at radius 3 is 2.65 bits per heavy atom. The summed E-state index contributed by atoms with van der Waals surface area (Å²) in [7, 11) is 0. The first-order chi connectivity index (χ1) is 9.66. The third-order valence-electron chi connectivity index (χ3n) is 2.83. The van der Waals surface area contributed by atoms with Crippen molar-refractivity contribution in [1.82, 2.24) is 4.98 Å². The molecule has 0 radical (unpaired) electrons. The molecular formula is C15H15NO4. The Hall–Kier alpha value is -2.56. The normalized spacial score (nSPS) is 10.2. The maximum absolute atomic E-state index is 11.8. The number of rotatable bonds is 6. The lowest BCUT2D eigenvalue weighted by molar-refractivity contribution is -0.136. The SMILES string of the molecule is O=C(O)CCc1cc[nH]c(=O)c1OCc1ccccc1. The predicted octanol–water partition coefficient (Wildman–Crippen LogP) is 1.97. The number of carbonyl (C=O) groups is 1. The molecule has 2 rings (SSSR count). The second-order valence-corrected chi connectivity index (χ2v) is 4.33. The van der Waals surface area contributed by atoms with Crippen molar-refractivity contribution in [3.63, 3.8) is 0 Å². The van der Waals surface area contributed by atoms with Crippen LogP contribution in [-0.2, 0) is 17.8 Å². The Labute approximate surface area is 115 Å². The molecule has 0 aliphatic heterocycles. The van der Waals surface area contributed by atoms with Gasteiger partial charge in [0.1, 0.15) is 6.61 Å². The molecule has 0 saturated heterocycles. The maximum Gasteiger partial charge on any atom is 0.303 e. The second kappa shape index (κ2) is 6.56. The summed E-state index contributed by atoms with van der Waals surface area (Å²) in [6.45, 7) is 0.272. The van der Waals surface area contributed by atoms with Crippen LogP contribution in [0, 0.1) is 0 Å². The van der Waals surface area contributed by atoms with Gasteiger partial charge in [-0.15, -0.1) is 0 Å². The summed E-state index contributed by atoms with van der Waals surface area (Å²) >= 11 is 0. The molecule has 0 fully saturated rings. The van der Waals surface area contributed by atoms with Gasteiger partial charge in [0, 0.05) is 18.2 Å². The monoisotopic (exact) mass is 273 g/mol. The van der Waals surface area contributed by atoms with Crippen LogP contribution < -0.4 is 10.3 Å². The van der Waals surface area contributed by atoms with Gasteiger partial charge < -0.3 is 14.8 Å². The number of aromatic nitrogens is 1. The van der Waals surface area contributed by atoms with Crippen LogP contribution in [0.15, 0.2) is 47.4 Å². The van der Waals surface area contributed by atoms with E-state index in [0.717, 1.165) is 5.56 Å². The van der Waals surface area contributed by atoms with Crippen LogP contribution >= 0.6 is 0 Å². The van der Waals surface area contributed by atoms with Crippen molar-refractivity contribution in [2.75, 3.05) is 0 Å². The number of aryl methyl sites for hydroxylation is 1. The lowest BCUT2D eigenvalue weighted by Crippen LogP contribution is -2.14. The standard InChI is InChI=1S/C15H15NO4/c17-13(18)7-6-12-8-9-16-15(19)14(12)20-10-11-4-2-1-3-5-11/h1-5,8-9H,6-7,10H2,(H,16,19)(H,17,18). The Balaban J connectivity index is 2.13. The van der Waals surface area contributed by atoms with E-state index < -0.39 is 5.97 Å². The van der Waals surface area contributed by atoms with Crippen molar-refractivity contribution < 1.29 is 14.6 Å². The zero-order chi connectivity index (χ0) is 14.4. The number of benzene rings is 1. The van der Waals surface area contributed by atoms with Crippen LogP contribution in [-0.4, -0.2) is 16.1 Å². The molecule has 5 heteroatoms. The molecule has 0 atom stereocenters. The van der Waals surface area contributed by atoms with Crippen LogP contribution in [0.5, 0.6) is 5.75 Å². The molecular weight excluding hydrogens is 258 g/mol. The number of ether oxygens (including phenoxy) is 1. The number of carboxylic acids is 1. The highest BCUT2D eigenvalue weighted by Crippen LogP contribution is 2.15. The summed E-state index contributed by atoms with van der Waals surface area (Å²) in [6.07, 6.45) is 1.73. The minimum absolute atomic E-state index is 0.0366. The third kappa shape index (κ3) is 3.71. The average Bonchev–Trinajstić information content (AvgIpc) is 2.45. The lowest BCUT2D eigenvalue weighted by Gasteiger charge is -2.09. The molecule has 0 aliphatic rings. The van der Waals surface area contributed by atoms with E-state index >= 15 is 0 Å². The molecule has 2 aromatic rings. The minimum Gasteiger partial charge on any atom is -0.483 e. The number of nitrogens with one attached hydrogen (secondary N) is 1. The lowest BCUT2D eigenvalue weighted by atomic mass is 10.1. The number of pyridine rings is 1. The van der Waals surface area contributed by atoms with Gasteiger partial charge in [-0.05, 0) is 18.1 Å². The van der Waals surface area contributed by atoms with E-state index in [2.05, 4.69) is 4.98 Å². The van der Waals surface area contributed by atoms with Gasteiger partial charge in [0.25, 0.3) is 5.56 Å². The van der Waals surface area contributed by atoms with Crippen LogP contribution in [0.1, 0.15) is 17.5 Å². The number of carboxylic acid groups (broad SMARTS) is 1. The van der Waals surface area contributed by atoms with Gasteiger partial charge in [-0.3, -0.25) is 9.59 Å². The maximum atomic E-state index is 11.8. The molecule has 0 unspecified atom stereocenters. The number of hydrogen-bond donors (Lipinski definition) is 2. The smallest absolute Gasteiger partial charge is 0.303 e. The van der Waals surface area contributed by atoms with Gasteiger partial charge in [-0.25, -0.2) is 0 Å². The van der Waals surface area contributed by atoms with E-state index in [1.807, 2.05) is 30.3 Å². The Morgan fingerprint density at radius 1 is 1.20 bits per heavy atom. The predicted molar refractivity (Wildman–Crippen MR) is 73.8 cm³/mol. The molecule has 104 valence electrons. The highest BCUT2D eigenvalue weighted by atomic mass is 16.5. The minimum atomic E-state index is -0.903. The molecule has 1 aromatic heterocycles. The average molecular weight is 273 g/mol. The van der Waals surface area contributed by atoms with E-state index in [-0.39, 0.29) is 30.8 Å². The topological polar surface area (TPSA) is 79.4 Å². The fourth-order valence-electron chi connectivity index (χ4n) is 1.83. The zero-order valence-corrected chi connectivity index (χ0v) is 10.8. The second-order valence-electron chi connectivity index (χ2n) is 4.33. The zero-order valence-electron chi connectivity index (χ0n) is 10.8. The molecule has 0 bridgehead atoms. The van der Waals surface area contributed by atoms with E-state index in [0.29, 0.717) is 5.56 Å². The molecule has 5 nitrogen and oxygen atoms in total. The van der Waals surface area contributed by atoms with Gasteiger partial charge >= 0.3 is 5.97 Å². The van der Waals surface area contributed by atoms with Crippen LogP contribution in [0.2, 0.25) is 0 Å². The van der Waals surface area contributed by atoms with Crippen LogP contribution in [0.4, 0.5) is 0 Å². The van der Waals surface area contributed by atoms with E-state index in [4.69, 9.17) is 9.84 Å². The molecule has 2 N–H and O–H groups in total. The number of hydrogen-bond acceptors (Lipinski definition) is 3. The molecule has 0 aliphatic carbocycles. The molecule has 1 aromatic carbocycles. The molecule has 0 spiro atoms. The summed E-state index contributed by atoms with van der Waals surface area (Å²) in [6, 6.07) is 11.1. The quantitative estimate of drug-likeness (QED) is 0.843. The first kappa shape index (κ1) is 13.9. The van der Waals surface area contributed by atoms with Crippen molar-refractivity contribution in [1.29, 1.82) is 0 Å². The van der Waals surface area contributed by atoms with E-state index in [9.17, 15) is 9.59 Å². The Morgan fingerprint density at radius 2 is 1.95 bits per heavy atom. The van der Waals surface area contributed by atoms with Crippen molar-refractivity contribution in [2.24, 2.45) is 0 Å². The Bertz CT molecular complexity index is 634. The summed E-state index contributed by atoms with van der Waals surface area (Å²) in [5.74, 6) is -0.711. The van der Waals surface area contributed by atoms with Crippen LogP contribution in [0.25, 0.3) is 0 Å². The fourth-order valence-corrected chi connectivity index (χ4v) is 1.83. The summed E-state index contributed by atoms with van der Waals surface area (Å²) < 4.78 is 5.55. The largest absolute Gasteiger partial charge is 0.483 e. The highest BCUT2D eigenvalue weighted by molar-refractivity contribution is 5.67. The van der Waals surface area contributed by atoms with Crippen molar-refractivity contribution in [2.45, 2.75) is 19.4 Å².